The number of carboxylic acids is 1. The summed E-state index contributed by atoms with van der Waals surface area (Å²) in [5.74, 6) is 0.902. The third kappa shape index (κ3) is 3.60. The number of benzene rings is 2. The van der Waals surface area contributed by atoms with Crippen LogP contribution in [-0.4, -0.2) is 35.3 Å². The van der Waals surface area contributed by atoms with Crippen molar-refractivity contribution < 1.29 is 19.4 Å². The number of aromatic carboxylic acids is 1. The van der Waals surface area contributed by atoms with Gasteiger partial charge in [-0.25, -0.2) is 14.8 Å². The predicted molar refractivity (Wildman–Crippen MR) is 93.4 cm³/mol. The zero-order valence-electron chi connectivity index (χ0n) is 13.8. The Bertz CT molecular complexity index is 927. The molecule has 3 aromatic rings. The van der Waals surface area contributed by atoms with Gasteiger partial charge in [0.25, 0.3) is 0 Å². The smallest absolute Gasteiger partial charge is 0.335 e. The van der Waals surface area contributed by atoms with Crippen molar-refractivity contribution in [3.63, 3.8) is 0 Å². The lowest BCUT2D eigenvalue weighted by molar-refractivity contribution is 0.0697. The molecule has 7 nitrogen and oxygen atoms in total. The first-order chi connectivity index (χ1) is 12.1. The second-order valence-electron chi connectivity index (χ2n) is 5.30. The maximum absolute atomic E-state index is 11.0. The fourth-order valence-corrected chi connectivity index (χ4v) is 2.42. The molecule has 0 aliphatic rings. The van der Waals surface area contributed by atoms with Crippen molar-refractivity contribution in [1.82, 2.24) is 9.97 Å². The molecule has 0 radical (unpaired) electrons. The monoisotopic (exact) mass is 339 g/mol. The van der Waals surface area contributed by atoms with E-state index in [4.69, 9.17) is 14.6 Å². The molecule has 0 bridgehead atoms. The lowest BCUT2D eigenvalue weighted by Crippen LogP contribution is -2.05. The molecule has 0 amide bonds. The van der Waals surface area contributed by atoms with E-state index >= 15 is 0 Å². The highest BCUT2D eigenvalue weighted by Gasteiger charge is 2.08. The van der Waals surface area contributed by atoms with Crippen LogP contribution >= 0.6 is 0 Å². The highest BCUT2D eigenvalue weighted by molar-refractivity contribution is 5.93. The van der Waals surface area contributed by atoms with Crippen LogP contribution in [0.3, 0.4) is 0 Å². The molecule has 0 fully saturated rings. The number of carboxylic acid groups (broad SMARTS) is 1. The fourth-order valence-electron chi connectivity index (χ4n) is 2.42. The third-order valence-corrected chi connectivity index (χ3v) is 3.76. The number of carbonyl (C=O) groups is 1. The molecule has 2 N–H and O–H groups in total. The summed E-state index contributed by atoms with van der Waals surface area (Å²) in [5.41, 5.74) is 1.82. The van der Waals surface area contributed by atoms with Crippen molar-refractivity contribution in [2.24, 2.45) is 0 Å². The summed E-state index contributed by atoms with van der Waals surface area (Å²) in [5, 5.41) is 12.8. The van der Waals surface area contributed by atoms with E-state index in [0.29, 0.717) is 29.1 Å². The minimum absolute atomic E-state index is 0.208. The molecule has 0 unspecified atom stereocenters. The van der Waals surface area contributed by atoms with E-state index in [-0.39, 0.29) is 5.56 Å². The number of hydrogen-bond acceptors (Lipinski definition) is 6. The molecule has 25 heavy (non-hydrogen) atoms. The standard InChI is InChI=1S/C18H17N3O4/c1-24-14-5-3-12(16(8-14)25-2)9-19-18-20-10-13-7-11(17(22)23)4-6-15(13)21-18/h3-8,10H,9H2,1-2H3,(H,22,23)(H,19,20,21). The Morgan fingerprint density at radius 3 is 2.72 bits per heavy atom. The van der Waals surface area contributed by atoms with E-state index in [1.807, 2.05) is 18.2 Å². The molecule has 0 saturated heterocycles. The molecule has 3 rings (SSSR count). The normalized spacial score (nSPS) is 10.5. The highest BCUT2D eigenvalue weighted by atomic mass is 16.5. The van der Waals surface area contributed by atoms with Crippen LogP contribution in [0.25, 0.3) is 10.9 Å². The van der Waals surface area contributed by atoms with Crippen LogP contribution in [0.5, 0.6) is 11.5 Å². The average molecular weight is 339 g/mol. The van der Waals surface area contributed by atoms with Gasteiger partial charge in [0, 0.05) is 29.8 Å². The van der Waals surface area contributed by atoms with Gasteiger partial charge < -0.3 is 19.9 Å². The van der Waals surface area contributed by atoms with Gasteiger partial charge in [0.15, 0.2) is 0 Å². The van der Waals surface area contributed by atoms with Crippen molar-refractivity contribution >= 4 is 22.8 Å². The van der Waals surface area contributed by atoms with Crippen LogP contribution in [0, 0.1) is 0 Å². The summed E-state index contributed by atoms with van der Waals surface area (Å²) >= 11 is 0. The SMILES string of the molecule is COc1ccc(CNc2ncc3cc(C(=O)O)ccc3n2)c(OC)c1. The number of ether oxygens (including phenoxy) is 2. The Balaban J connectivity index is 1.79. The number of nitrogens with one attached hydrogen (secondary N) is 1. The van der Waals surface area contributed by atoms with Crippen LogP contribution in [0.15, 0.2) is 42.6 Å². The maximum Gasteiger partial charge on any atom is 0.335 e. The summed E-state index contributed by atoms with van der Waals surface area (Å²) in [6.07, 6.45) is 1.60. The minimum Gasteiger partial charge on any atom is -0.497 e. The van der Waals surface area contributed by atoms with Crippen LogP contribution < -0.4 is 14.8 Å². The molecule has 0 saturated carbocycles. The van der Waals surface area contributed by atoms with Crippen LogP contribution in [0.2, 0.25) is 0 Å². The summed E-state index contributed by atoms with van der Waals surface area (Å²) in [6, 6.07) is 10.3. The molecule has 7 heteroatoms. The highest BCUT2D eigenvalue weighted by Crippen LogP contribution is 2.25. The lowest BCUT2D eigenvalue weighted by Gasteiger charge is -2.11. The number of anilines is 1. The van der Waals surface area contributed by atoms with E-state index in [1.165, 1.54) is 6.07 Å². The number of nitrogens with zero attached hydrogens (tertiary/aromatic N) is 2. The van der Waals surface area contributed by atoms with Crippen molar-refractivity contribution in [3.8, 4) is 11.5 Å². The van der Waals surface area contributed by atoms with Crippen LogP contribution in [0.4, 0.5) is 5.95 Å². The summed E-state index contributed by atoms with van der Waals surface area (Å²) in [4.78, 5) is 19.6. The Labute approximate surface area is 144 Å². The Hall–Kier alpha value is -3.35. The molecule has 0 aliphatic carbocycles. The van der Waals surface area contributed by atoms with E-state index in [9.17, 15) is 4.79 Å². The second-order valence-corrected chi connectivity index (χ2v) is 5.30. The van der Waals surface area contributed by atoms with Gasteiger partial charge in [0.05, 0.1) is 25.3 Å². The number of methoxy groups -OCH3 is 2. The van der Waals surface area contributed by atoms with E-state index in [1.54, 1.807) is 32.5 Å². The third-order valence-electron chi connectivity index (χ3n) is 3.76. The minimum atomic E-state index is -0.976. The zero-order chi connectivity index (χ0) is 17.8. The lowest BCUT2D eigenvalue weighted by atomic mass is 10.1. The molecule has 0 atom stereocenters. The number of hydrogen-bond donors (Lipinski definition) is 2. The average Bonchev–Trinajstić information content (AvgIpc) is 2.65. The number of rotatable bonds is 6. The summed E-state index contributed by atoms with van der Waals surface area (Å²) in [6.45, 7) is 0.478. The Kier molecular flexibility index (Phi) is 4.65. The summed E-state index contributed by atoms with van der Waals surface area (Å²) < 4.78 is 10.5. The molecule has 0 spiro atoms. The Morgan fingerprint density at radius 2 is 2.00 bits per heavy atom. The number of fused-ring (bicyclic) bond motifs is 1. The first-order valence-electron chi connectivity index (χ1n) is 7.55. The molecular formula is C18H17N3O4. The Morgan fingerprint density at radius 1 is 1.16 bits per heavy atom. The molecule has 2 aromatic carbocycles. The first kappa shape index (κ1) is 16.5. The number of aromatic nitrogens is 2. The maximum atomic E-state index is 11.0. The molecule has 1 heterocycles. The quantitative estimate of drug-likeness (QED) is 0.713. The van der Waals surface area contributed by atoms with Gasteiger partial charge in [-0.15, -0.1) is 0 Å². The van der Waals surface area contributed by atoms with Crippen LogP contribution in [-0.2, 0) is 6.54 Å². The first-order valence-corrected chi connectivity index (χ1v) is 7.55. The molecule has 1 aromatic heterocycles. The molecule has 0 aliphatic heterocycles. The van der Waals surface area contributed by atoms with Crippen molar-refractivity contribution in [3.05, 3.63) is 53.7 Å². The van der Waals surface area contributed by atoms with E-state index in [0.717, 1.165) is 11.3 Å². The van der Waals surface area contributed by atoms with Gasteiger partial charge in [0.2, 0.25) is 5.95 Å². The fraction of sp³-hybridized carbons (Fsp3) is 0.167. The van der Waals surface area contributed by atoms with Crippen LogP contribution in [0.1, 0.15) is 15.9 Å². The van der Waals surface area contributed by atoms with Gasteiger partial charge in [-0.3, -0.25) is 0 Å². The van der Waals surface area contributed by atoms with Gasteiger partial charge in [-0.05, 0) is 30.3 Å². The van der Waals surface area contributed by atoms with Gasteiger partial charge in [0.1, 0.15) is 11.5 Å². The van der Waals surface area contributed by atoms with E-state index in [2.05, 4.69) is 15.3 Å². The molecule has 128 valence electrons. The largest absolute Gasteiger partial charge is 0.497 e. The van der Waals surface area contributed by atoms with E-state index < -0.39 is 5.97 Å². The van der Waals surface area contributed by atoms with Gasteiger partial charge >= 0.3 is 5.97 Å². The van der Waals surface area contributed by atoms with Crippen molar-refractivity contribution in [2.45, 2.75) is 6.54 Å². The van der Waals surface area contributed by atoms with Gasteiger partial charge in [-0.2, -0.15) is 0 Å². The van der Waals surface area contributed by atoms with Crippen molar-refractivity contribution in [1.29, 1.82) is 0 Å². The summed E-state index contributed by atoms with van der Waals surface area (Å²) in [7, 11) is 3.20. The molecular weight excluding hydrogens is 322 g/mol. The second kappa shape index (κ2) is 7.04. The van der Waals surface area contributed by atoms with Crippen molar-refractivity contribution in [2.75, 3.05) is 19.5 Å². The predicted octanol–water partition coefficient (Wildman–Crippen LogP) is 2.96. The zero-order valence-corrected chi connectivity index (χ0v) is 13.8. The topological polar surface area (TPSA) is 93.6 Å². The van der Waals surface area contributed by atoms with Gasteiger partial charge in [-0.1, -0.05) is 0 Å².